The number of hydrogen-bond donors (Lipinski definition) is 0. The highest BCUT2D eigenvalue weighted by Crippen LogP contribution is 2.42. The smallest absolute Gasteiger partial charge is 0.143 e. The van der Waals surface area contributed by atoms with E-state index < -0.39 is 0 Å². The molecule has 0 aliphatic carbocycles. The SMILES string of the molecule is c1ccc(-c2cccc3c2oc2ccc(-c4ccc(N(c5ccc(-c6ccc7c(c6)sc6ccccc67)cc5)c5ccc(-c6ccc7c8ccccc8n(-c8ccccc8)c7c6)cc5)cc4)cc23)cc1. The Morgan fingerprint density at radius 1 is 0.314 bits per heavy atom. The van der Waals surface area contributed by atoms with E-state index in [0.717, 1.165) is 72.5 Å². The highest BCUT2D eigenvalue weighted by Gasteiger charge is 2.18. The molecule has 0 bridgehead atoms. The zero-order chi connectivity index (χ0) is 46.1. The number of benzene rings is 11. The normalized spacial score (nSPS) is 11.7. The van der Waals surface area contributed by atoms with E-state index in [1.54, 1.807) is 0 Å². The second-order valence-electron chi connectivity index (χ2n) is 18.1. The van der Waals surface area contributed by atoms with Crippen molar-refractivity contribution in [3.63, 3.8) is 0 Å². The standard InChI is InChI=1S/C66H42N2OS/c1-3-12-46(13-4-1)54-18-11-19-59-60-40-47(30-39-63(60)69-66(54)59)43-22-31-51(32-23-43)67(53-35-26-45(27-36-53)49-29-38-58-57-17-8-10-21-64(57)70-65(58)42-49)52-33-24-44(25-34-52)48-28-37-56-55-16-7-9-20-61(55)68(62(56)41-48)50-14-5-2-6-15-50/h1-42H. The quantitative estimate of drug-likeness (QED) is 0.151. The highest BCUT2D eigenvalue weighted by molar-refractivity contribution is 7.25. The van der Waals surface area contributed by atoms with Crippen LogP contribution in [-0.4, -0.2) is 4.57 Å². The second-order valence-corrected chi connectivity index (χ2v) is 19.2. The second kappa shape index (κ2) is 16.4. The largest absolute Gasteiger partial charge is 0.455 e. The molecule has 0 amide bonds. The third-order valence-corrected chi connectivity index (χ3v) is 15.2. The minimum atomic E-state index is 0.888. The summed E-state index contributed by atoms with van der Waals surface area (Å²) in [6.07, 6.45) is 0. The van der Waals surface area contributed by atoms with E-state index in [4.69, 9.17) is 4.42 Å². The molecule has 0 saturated heterocycles. The topological polar surface area (TPSA) is 21.3 Å². The molecule has 328 valence electrons. The van der Waals surface area contributed by atoms with Crippen LogP contribution in [-0.2, 0) is 0 Å². The molecule has 3 aromatic heterocycles. The predicted octanol–water partition coefficient (Wildman–Crippen LogP) is 19.2. The number of para-hydroxylation sites is 3. The number of rotatable bonds is 8. The highest BCUT2D eigenvalue weighted by atomic mass is 32.1. The first-order chi connectivity index (χ1) is 34.7. The third kappa shape index (κ3) is 6.72. The number of thiophene rings is 1. The minimum absolute atomic E-state index is 0.888. The van der Waals surface area contributed by atoms with Crippen molar-refractivity contribution in [2.24, 2.45) is 0 Å². The van der Waals surface area contributed by atoms with Gasteiger partial charge in [-0.25, -0.2) is 0 Å². The lowest BCUT2D eigenvalue weighted by Crippen LogP contribution is -2.09. The molecule has 0 radical (unpaired) electrons. The number of aromatic nitrogens is 1. The molecule has 3 nitrogen and oxygen atoms in total. The average Bonchev–Trinajstić information content (AvgIpc) is 4.11. The molecule has 14 aromatic rings. The van der Waals surface area contributed by atoms with E-state index in [0.29, 0.717) is 0 Å². The fraction of sp³-hybridized carbons (Fsp3) is 0. The van der Waals surface area contributed by atoms with Gasteiger partial charge in [0.1, 0.15) is 11.2 Å². The Bertz CT molecular complexity index is 4260. The molecular formula is C66H42N2OS. The first-order valence-electron chi connectivity index (χ1n) is 23.8. The molecule has 4 heteroatoms. The molecule has 0 atom stereocenters. The maximum atomic E-state index is 6.53. The molecule has 70 heavy (non-hydrogen) atoms. The Morgan fingerprint density at radius 3 is 1.53 bits per heavy atom. The number of anilines is 3. The van der Waals surface area contributed by atoms with Gasteiger partial charge in [-0.15, -0.1) is 11.3 Å². The number of fused-ring (bicyclic) bond motifs is 9. The van der Waals surface area contributed by atoms with Gasteiger partial charge in [-0.2, -0.15) is 0 Å². The van der Waals surface area contributed by atoms with Crippen LogP contribution in [0.3, 0.4) is 0 Å². The van der Waals surface area contributed by atoms with Crippen molar-refractivity contribution in [1.82, 2.24) is 4.57 Å². The van der Waals surface area contributed by atoms with Gasteiger partial charge in [-0.05, 0) is 124 Å². The summed E-state index contributed by atoms with van der Waals surface area (Å²) in [6.45, 7) is 0. The van der Waals surface area contributed by atoms with Gasteiger partial charge in [0.25, 0.3) is 0 Å². The third-order valence-electron chi connectivity index (χ3n) is 14.0. The van der Waals surface area contributed by atoms with Gasteiger partial charge >= 0.3 is 0 Å². The Hall–Kier alpha value is -8.96. The molecule has 0 fully saturated rings. The van der Waals surface area contributed by atoms with Crippen LogP contribution in [0.2, 0.25) is 0 Å². The van der Waals surface area contributed by atoms with Crippen molar-refractivity contribution in [2.45, 2.75) is 0 Å². The van der Waals surface area contributed by atoms with Crippen LogP contribution in [0.1, 0.15) is 0 Å². The maximum absolute atomic E-state index is 6.53. The van der Waals surface area contributed by atoms with Crippen molar-refractivity contribution in [3.8, 4) is 50.2 Å². The summed E-state index contributed by atoms with van der Waals surface area (Å²) in [5, 5.41) is 7.37. The Labute approximate surface area is 409 Å². The Balaban J connectivity index is 0.838. The summed E-state index contributed by atoms with van der Waals surface area (Å²) in [7, 11) is 0. The molecule has 0 aliphatic heterocycles. The van der Waals surface area contributed by atoms with Gasteiger partial charge < -0.3 is 13.9 Å². The minimum Gasteiger partial charge on any atom is -0.455 e. The molecule has 3 heterocycles. The summed E-state index contributed by atoms with van der Waals surface area (Å²) >= 11 is 1.86. The molecule has 0 saturated carbocycles. The van der Waals surface area contributed by atoms with Gasteiger partial charge in [0.15, 0.2) is 0 Å². The molecule has 0 unspecified atom stereocenters. The Morgan fingerprint density at radius 2 is 0.829 bits per heavy atom. The van der Waals surface area contributed by atoms with Gasteiger partial charge in [0, 0.05) is 70.0 Å². The van der Waals surface area contributed by atoms with E-state index in [1.807, 2.05) is 17.4 Å². The number of furan rings is 1. The van der Waals surface area contributed by atoms with Crippen molar-refractivity contribution in [2.75, 3.05) is 4.90 Å². The van der Waals surface area contributed by atoms with Crippen LogP contribution < -0.4 is 4.90 Å². The van der Waals surface area contributed by atoms with Crippen molar-refractivity contribution in [1.29, 1.82) is 0 Å². The lowest BCUT2D eigenvalue weighted by molar-refractivity contribution is 0.670. The lowest BCUT2D eigenvalue weighted by atomic mass is 9.99. The molecule has 0 N–H and O–H groups in total. The fourth-order valence-corrected chi connectivity index (χ4v) is 11.7. The molecule has 0 spiro atoms. The van der Waals surface area contributed by atoms with Crippen LogP contribution in [0.15, 0.2) is 259 Å². The summed E-state index contributed by atoms with van der Waals surface area (Å²) in [4.78, 5) is 2.36. The average molecular weight is 911 g/mol. The van der Waals surface area contributed by atoms with Crippen molar-refractivity contribution >= 4 is 92.3 Å². The zero-order valence-electron chi connectivity index (χ0n) is 38.0. The summed E-state index contributed by atoms with van der Waals surface area (Å²) < 4.78 is 11.5. The molecule has 11 aromatic carbocycles. The molecule has 14 rings (SSSR count). The van der Waals surface area contributed by atoms with Crippen LogP contribution in [0.25, 0.3) is 114 Å². The number of nitrogens with zero attached hydrogens (tertiary/aromatic N) is 2. The zero-order valence-corrected chi connectivity index (χ0v) is 38.8. The molecular weight excluding hydrogens is 869 g/mol. The molecule has 0 aliphatic rings. The van der Waals surface area contributed by atoms with Gasteiger partial charge in [-0.3, -0.25) is 0 Å². The van der Waals surface area contributed by atoms with Crippen LogP contribution >= 0.6 is 11.3 Å². The van der Waals surface area contributed by atoms with E-state index in [-0.39, 0.29) is 0 Å². The van der Waals surface area contributed by atoms with Crippen molar-refractivity contribution in [3.05, 3.63) is 255 Å². The van der Waals surface area contributed by atoms with Crippen LogP contribution in [0.5, 0.6) is 0 Å². The van der Waals surface area contributed by atoms with E-state index in [1.165, 1.54) is 58.7 Å². The summed E-state index contributed by atoms with van der Waals surface area (Å²) in [6, 6.07) is 92.3. The predicted molar refractivity (Wildman–Crippen MR) is 297 cm³/mol. The van der Waals surface area contributed by atoms with Gasteiger partial charge in [0.05, 0.1) is 11.0 Å². The monoisotopic (exact) mass is 910 g/mol. The van der Waals surface area contributed by atoms with E-state index in [9.17, 15) is 0 Å². The first kappa shape index (κ1) is 40.1. The van der Waals surface area contributed by atoms with Crippen LogP contribution in [0.4, 0.5) is 17.1 Å². The van der Waals surface area contributed by atoms with E-state index >= 15 is 0 Å². The first-order valence-corrected chi connectivity index (χ1v) is 24.6. The van der Waals surface area contributed by atoms with Crippen molar-refractivity contribution < 1.29 is 4.42 Å². The summed E-state index contributed by atoms with van der Waals surface area (Å²) in [5.74, 6) is 0. The summed E-state index contributed by atoms with van der Waals surface area (Å²) in [5.41, 5.74) is 17.9. The van der Waals surface area contributed by atoms with Gasteiger partial charge in [0.2, 0.25) is 0 Å². The van der Waals surface area contributed by atoms with Crippen LogP contribution in [0, 0.1) is 0 Å². The number of hydrogen-bond acceptors (Lipinski definition) is 3. The maximum Gasteiger partial charge on any atom is 0.143 e. The fourth-order valence-electron chi connectivity index (χ4n) is 10.6. The van der Waals surface area contributed by atoms with E-state index in [2.05, 4.69) is 258 Å². The Kier molecular flexibility index (Phi) is 9.39. The van der Waals surface area contributed by atoms with Gasteiger partial charge in [-0.1, -0.05) is 170 Å². The lowest BCUT2D eigenvalue weighted by Gasteiger charge is -2.26.